The number of carbonyl (C=O) groups excluding carboxylic acids is 2. The lowest BCUT2D eigenvalue weighted by atomic mass is 9.97. The number of amides is 2. The molecule has 0 aliphatic carbocycles. The molecule has 0 unspecified atom stereocenters. The fraction of sp³-hybridized carbons (Fsp3) is 0.400. The molecule has 6 heteroatoms. The summed E-state index contributed by atoms with van der Waals surface area (Å²) in [7, 11) is 0. The van der Waals surface area contributed by atoms with Crippen LogP contribution in [0.2, 0.25) is 0 Å². The van der Waals surface area contributed by atoms with Crippen molar-refractivity contribution in [1.82, 2.24) is 10.2 Å². The van der Waals surface area contributed by atoms with Crippen LogP contribution in [0, 0.1) is 12.8 Å². The summed E-state index contributed by atoms with van der Waals surface area (Å²) in [6, 6.07) is 11.4. The number of nitrogens with one attached hydrogen (secondary N) is 1. The normalized spacial score (nSPS) is 17.8. The molecule has 1 saturated heterocycles. The molecule has 3 rings (SSSR count). The van der Waals surface area contributed by atoms with Crippen LogP contribution in [0.4, 0.5) is 0 Å². The Labute approximate surface area is 153 Å². The molecule has 3 N–H and O–H groups in total. The molecular formula is C20H25N3O3. The van der Waals surface area contributed by atoms with Gasteiger partial charge in [0.2, 0.25) is 5.91 Å². The van der Waals surface area contributed by atoms with Crippen molar-refractivity contribution in [3.8, 4) is 11.3 Å². The molecule has 0 bridgehead atoms. The maximum absolute atomic E-state index is 12.6. The first-order valence-corrected chi connectivity index (χ1v) is 9.00. The van der Waals surface area contributed by atoms with Gasteiger partial charge in [-0.3, -0.25) is 9.59 Å². The maximum atomic E-state index is 12.6. The van der Waals surface area contributed by atoms with E-state index in [1.54, 1.807) is 6.07 Å². The van der Waals surface area contributed by atoms with Crippen molar-refractivity contribution in [2.24, 2.45) is 11.7 Å². The third-order valence-electron chi connectivity index (χ3n) is 4.76. The van der Waals surface area contributed by atoms with E-state index in [2.05, 4.69) is 10.2 Å². The summed E-state index contributed by atoms with van der Waals surface area (Å²) in [6.45, 7) is 4.65. The second kappa shape index (κ2) is 8.19. The number of piperidine rings is 1. The van der Waals surface area contributed by atoms with Gasteiger partial charge in [-0.1, -0.05) is 30.3 Å². The molecule has 138 valence electrons. The van der Waals surface area contributed by atoms with Gasteiger partial charge < -0.3 is 20.4 Å². The van der Waals surface area contributed by atoms with Crippen molar-refractivity contribution in [2.45, 2.75) is 19.8 Å². The number of nitrogens with two attached hydrogens (primary N) is 1. The number of hydrogen-bond donors (Lipinski definition) is 2. The van der Waals surface area contributed by atoms with Gasteiger partial charge in [-0.05, 0) is 32.4 Å². The molecule has 0 radical (unpaired) electrons. The van der Waals surface area contributed by atoms with Gasteiger partial charge in [0.25, 0.3) is 5.91 Å². The van der Waals surface area contributed by atoms with E-state index < -0.39 is 0 Å². The van der Waals surface area contributed by atoms with Gasteiger partial charge in [0.1, 0.15) is 11.5 Å². The minimum absolute atomic E-state index is 0.0827. The summed E-state index contributed by atoms with van der Waals surface area (Å²) < 4.78 is 5.74. The van der Waals surface area contributed by atoms with Gasteiger partial charge in [0, 0.05) is 25.2 Å². The maximum Gasteiger partial charge on any atom is 0.255 e. The fourth-order valence-electron chi connectivity index (χ4n) is 3.40. The summed E-state index contributed by atoms with van der Waals surface area (Å²) in [5.41, 5.74) is 6.84. The first-order valence-electron chi connectivity index (χ1n) is 9.00. The highest BCUT2D eigenvalue weighted by molar-refractivity contribution is 5.99. The van der Waals surface area contributed by atoms with Crippen molar-refractivity contribution >= 4 is 11.8 Å². The number of furan rings is 1. The van der Waals surface area contributed by atoms with Gasteiger partial charge in [0.15, 0.2) is 0 Å². The molecule has 1 aliphatic heterocycles. The number of primary amides is 1. The third kappa shape index (κ3) is 4.32. The van der Waals surface area contributed by atoms with E-state index in [1.807, 2.05) is 37.3 Å². The van der Waals surface area contributed by atoms with E-state index in [9.17, 15) is 9.59 Å². The van der Waals surface area contributed by atoms with E-state index in [4.69, 9.17) is 10.2 Å². The van der Waals surface area contributed by atoms with Gasteiger partial charge in [-0.25, -0.2) is 0 Å². The van der Waals surface area contributed by atoms with Crippen LogP contribution in [0.25, 0.3) is 11.3 Å². The summed E-state index contributed by atoms with van der Waals surface area (Å²) >= 11 is 0. The predicted octanol–water partition coefficient (Wildman–Crippen LogP) is 2.18. The molecule has 0 spiro atoms. The number of aryl methyl sites for hydroxylation is 1. The largest absolute Gasteiger partial charge is 0.461 e. The predicted molar refractivity (Wildman–Crippen MR) is 99.6 cm³/mol. The Kier molecular flexibility index (Phi) is 5.73. The molecule has 6 nitrogen and oxygen atoms in total. The van der Waals surface area contributed by atoms with Crippen molar-refractivity contribution in [1.29, 1.82) is 0 Å². The minimum atomic E-state index is -0.236. The highest BCUT2D eigenvalue weighted by atomic mass is 16.3. The Hall–Kier alpha value is -2.60. The first kappa shape index (κ1) is 18.2. The molecule has 1 aromatic heterocycles. The summed E-state index contributed by atoms with van der Waals surface area (Å²) in [4.78, 5) is 26.1. The average molecular weight is 355 g/mol. The van der Waals surface area contributed by atoms with Crippen molar-refractivity contribution in [3.63, 3.8) is 0 Å². The van der Waals surface area contributed by atoms with Crippen LogP contribution in [-0.2, 0) is 4.79 Å². The van der Waals surface area contributed by atoms with Gasteiger partial charge >= 0.3 is 0 Å². The number of likely N-dealkylation sites (tertiary alicyclic amines) is 1. The van der Waals surface area contributed by atoms with E-state index in [-0.39, 0.29) is 17.7 Å². The van der Waals surface area contributed by atoms with Crippen LogP contribution >= 0.6 is 0 Å². The molecular weight excluding hydrogens is 330 g/mol. The van der Waals surface area contributed by atoms with Crippen molar-refractivity contribution < 1.29 is 14.0 Å². The molecule has 26 heavy (non-hydrogen) atoms. The molecule has 2 aromatic rings. The van der Waals surface area contributed by atoms with Crippen molar-refractivity contribution in [3.05, 3.63) is 47.7 Å². The Morgan fingerprint density at radius 2 is 2.08 bits per heavy atom. The highest BCUT2D eigenvalue weighted by Crippen LogP contribution is 2.27. The summed E-state index contributed by atoms with van der Waals surface area (Å²) in [6.07, 6.45) is 1.81. The zero-order valence-corrected chi connectivity index (χ0v) is 15.0. The monoisotopic (exact) mass is 355 g/mol. The molecule has 2 heterocycles. The standard InChI is InChI=1S/C20H25N3O3/c1-14-12-17(18(26-14)15-6-3-2-4-7-15)20(25)22-9-11-23-10-5-8-16(13-23)19(21)24/h2-4,6-7,12,16H,5,8-11,13H2,1H3,(H2,21,24)(H,22,25)/t16-/m0/s1. The number of carbonyl (C=O) groups is 2. The van der Waals surface area contributed by atoms with Crippen LogP contribution in [-0.4, -0.2) is 42.9 Å². The fourth-order valence-corrected chi connectivity index (χ4v) is 3.40. The SMILES string of the molecule is Cc1cc(C(=O)NCCN2CCC[C@H](C(N)=O)C2)c(-c2ccccc2)o1. The lowest BCUT2D eigenvalue weighted by Gasteiger charge is -2.31. The van der Waals surface area contributed by atoms with E-state index >= 15 is 0 Å². The van der Waals surface area contributed by atoms with E-state index in [0.717, 1.165) is 24.9 Å². The van der Waals surface area contributed by atoms with Gasteiger partial charge in [-0.2, -0.15) is 0 Å². The second-order valence-corrected chi connectivity index (χ2v) is 6.76. The van der Waals surface area contributed by atoms with Gasteiger partial charge in [0.05, 0.1) is 11.5 Å². The van der Waals surface area contributed by atoms with E-state index in [0.29, 0.717) is 36.7 Å². The number of hydrogen-bond acceptors (Lipinski definition) is 4. The molecule has 0 saturated carbocycles. The zero-order valence-electron chi connectivity index (χ0n) is 15.0. The Morgan fingerprint density at radius 1 is 1.31 bits per heavy atom. The molecule has 1 aliphatic rings. The number of rotatable bonds is 6. The van der Waals surface area contributed by atoms with Gasteiger partial charge in [-0.15, -0.1) is 0 Å². The zero-order chi connectivity index (χ0) is 18.5. The van der Waals surface area contributed by atoms with Crippen LogP contribution in [0.3, 0.4) is 0 Å². The number of nitrogens with zero attached hydrogens (tertiary/aromatic N) is 1. The van der Waals surface area contributed by atoms with Crippen LogP contribution in [0.15, 0.2) is 40.8 Å². The smallest absolute Gasteiger partial charge is 0.255 e. The quantitative estimate of drug-likeness (QED) is 0.831. The minimum Gasteiger partial charge on any atom is -0.461 e. The second-order valence-electron chi connectivity index (χ2n) is 6.76. The summed E-state index contributed by atoms with van der Waals surface area (Å²) in [5.74, 6) is 0.826. The lowest BCUT2D eigenvalue weighted by molar-refractivity contribution is -0.123. The van der Waals surface area contributed by atoms with Crippen LogP contribution in [0.5, 0.6) is 0 Å². The molecule has 2 amide bonds. The van der Waals surface area contributed by atoms with Crippen molar-refractivity contribution in [2.75, 3.05) is 26.2 Å². The lowest BCUT2D eigenvalue weighted by Crippen LogP contribution is -2.44. The Bertz CT molecular complexity index is 770. The molecule has 1 atom stereocenters. The van der Waals surface area contributed by atoms with Crippen LogP contribution in [0.1, 0.15) is 29.0 Å². The third-order valence-corrected chi connectivity index (χ3v) is 4.76. The first-order chi connectivity index (χ1) is 12.5. The highest BCUT2D eigenvalue weighted by Gasteiger charge is 2.24. The number of benzene rings is 1. The van der Waals surface area contributed by atoms with E-state index in [1.165, 1.54) is 0 Å². The topological polar surface area (TPSA) is 88.6 Å². The molecule has 1 fully saturated rings. The summed E-state index contributed by atoms with van der Waals surface area (Å²) in [5, 5.41) is 2.96. The molecule has 1 aromatic carbocycles. The Morgan fingerprint density at radius 3 is 2.81 bits per heavy atom. The van der Waals surface area contributed by atoms with Crippen LogP contribution < -0.4 is 11.1 Å². The average Bonchev–Trinajstić information content (AvgIpc) is 3.04. The Balaban J connectivity index is 1.58.